The standard InChI is InChI=1S/C25H42B2S/c1-8-23-24(9-2)27(25(7,10-3)11-4)28-26(23)19-18-22-16-14-21(15-17-22)13-12-20(5)6/h12-14,16,18-20,23-24H,8-11,15,17H2,1-7H3/b13-12+,19-18+. The van der Waals surface area contributed by atoms with Crippen molar-refractivity contribution in [2.75, 3.05) is 0 Å². The van der Waals surface area contributed by atoms with E-state index in [0.29, 0.717) is 17.2 Å². The molecule has 0 spiro atoms. The Morgan fingerprint density at radius 2 is 1.57 bits per heavy atom. The van der Waals surface area contributed by atoms with Crippen molar-refractivity contribution in [3.63, 3.8) is 0 Å². The first-order valence-corrected chi connectivity index (χ1v) is 12.7. The highest BCUT2D eigenvalue weighted by atomic mass is 32.2. The lowest BCUT2D eigenvalue weighted by Crippen LogP contribution is -2.29. The van der Waals surface area contributed by atoms with E-state index in [1.54, 1.807) is 0 Å². The lowest BCUT2D eigenvalue weighted by Gasteiger charge is -2.35. The summed E-state index contributed by atoms with van der Waals surface area (Å²) in [4.78, 5) is 0. The molecule has 1 heterocycles. The molecule has 2 rings (SSSR count). The summed E-state index contributed by atoms with van der Waals surface area (Å²) in [7, 11) is 0. The third-order valence-electron chi connectivity index (χ3n) is 7.32. The summed E-state index contributed by atoms with van der Waals surface area (Å²) >= 11 is 2.29. The third-order valence-corrected chi connectivity index (χ3v) is 9.35. The lowest BCUT2D eigenvalue weighted by atomic mass is 9.37. The Hall–Kier alpha value is -0.560. The van der Waals surface area contributed by atoms with Crippen LogP contribution < -0.4 is 0 Å². The van der Waals surface area contributed by atoms with E-state index in [1.165, 1.54) is 49.7 Å². The summed E-state index contributed by atoms with van der Waals surface area (Å²) in [6.45, 7) is 16.6. The first-order chi connectivity index (χ1) is 13.4. The molecular weight excluding hydrogens is 354 g/mol. The summed E-state index contributed by atoms with van der Waals surface area (Å²) < 4.78 is 0. The molecule has 1 aliphatic carbocycles. The predicted octanol–water partition coefficient (Wildman–Crippen LogP) is 8.81. The van der Waals surface area contributed by atoms with Crippen LogP contribution in [0.1, 0.15) is 87.0 Å². The molecule has 28 heavy (non-hydrogen) atoms. The Morgan fingerprint density at radius 3 is 2.04 bits per heavy atom. The molecule has 0 saturated carbocycles. The van der Waals surface area contributed by atoms with E-state index in [0.717, 1.165) is 17.6 Å². The van der Waals surface area contributed by atoms with Crippen LogP contribution in [0.5, 0.6) is 0 Å². The predicted molar refractivity (Wildman–Crippen MR) is 135 cm³/mol. The van der Waals surface area contributed by atoms with Crippen molar-refractivity contribution in [3.8, 4) is 0 Å². The van der Waals surface area contributed by atoms with Gasteiger partial charge in [0.25, 0.3) is 0 Å². The van der Waals surface area contributed by atoms with Crippen molar-refractivity contribution in [2.24, 2.45) is 5.92 Å². The zero-order valence-electron chi connectivity index (χ0n) is 19.5. The first-order valence-electron chi connectivity index (χ1n) is 11.8. The molecule has 0 aromatic carbocycles. The van der Waals surface area contributed by atoms with Crippen LogP contribution in [0.3, 0.4) is 0 Å². The molecule has 2 atom stereocenters. The van der Waals surface area contributed by atoms with Gasteiger partial charge in [-0.2, -0.15) is 0 Å². The fourth-order valence-corrected chi connectivity index (χ4v) is 7.26. The van der Waals surface area contributed by atoms with E-state index in [1.807, 2.05) is 0 Å². The molecule has 0 N–H and O–H groups in total. The van der Waals surface area contributed by atoms with Crippen LogP contribution in [0.2, 0.25) is 16.9 Å². The van der Waals surface area contributed by atoms with Crippen molar-refractivity contribution in [2.45, 2.75) is 104 Å². The van der Waals surface area contributed by atoms with Crippen LogP contribution in [-0.2, 0) is 0 Å². The maximum atomic E-state index is 2.56. The number of allylic oxidation sites excluding steroid dienone is 7. The Morgan fingerprint density at radius 1 is 1.00 bits per heavy atom. The van der Waals surface area contributed by atoms with E-state index < -0.39 is 0 Å². The summed E-state index contributed by atoms with van der Waals surface area (Å²) in [5.41, 5.74) is 2.97. The van der Waals surface area contributed by atoms with Gasteiger partial charge in [0.1, 0.15) is 0 Å². The number of rotatable bonds is 9. The average molecular weight is 396 g/mol. The molecule has 2 aliphatic rings. The molecule has 154 valence electrons. The highest BCUT2D eigenvalue weighted by molar-refractivity contribution is 8.46. The summed E-state index contributed by atoms with van der Waals surface area (Å²) in [6.07, 6.45) is 19.3. The third kappa shape index (κ3) is 5.74. The van der Waals surface area contributed by atoms with Gasteiger partial charge in [-0.1, -0.05) is 116 Å². The zero-order valence-corrected chi connectivity index (χ0v) is 20.3. The van der Waals surface area contributed by atoms with Gasteiger partial charge in [-0.25, -0.2) is 11.5 Å². The minimum atomic E-state index is 0.478. The number of hydrogen-bond acceptors (Lipinski definition) is 1. The molecule has 0 amide bonds. The molecule has 1 aliphatic heterocycles. The van der Waals surface area contributed by atoms with Crippen molar-refractivity contribution in [3.05, 3.63) is 47.5 Å². The van der Waals surface area contributed by atoms with Gasteiger partial charge in [0, 0.05) is 0 Å². The van der Waals surface area contributed by atoms with E-state index in [-0.39, 0.29) is 0 Å². The summed E-state index contributed by atoms with van der Waals surface area (Å²) in [5, 5.41) is 0.478. The second-order valence-corrected chi connectivity index (χ2v) is 10.8. The molecule has 1 fully saturated rings. The highest BCUT2D eigenvalue weighted by Crippen LogP contribution is 2.59. The molecule has 2 unspecified atom stereocenters. The minimum absolute atomic E-state index is 0.478. The monoisotopic (exact) mass is 396 g/mol. The van der Waals surface area contributed by atoms with Gasteiger partial charge in [0.05, 0.1) is 0 Å². The van der Waals surface area contributed by atoms with Gasteiger partial charge >= 0.3 is 0 Å². The van der Waals surface area contributed by atoms with Crippen molar-refractivity contribution >= 4 is 23.4 Å². The Labute approximate surface area is 180 Å². The van der Waals surface area contributed by atoms with E-state index in [2.05, 4.69) is 96.3 Å². The molecule has 0 nitrogen and oxygen atoms in total. The summed E-state index contributed by atoms with van der Waals surface area (Å²) in [6, 6.07) is 0. The fraction of sp³-hybridized carbons (Fsp3) is 0.680. The maximum absolute atomic E-state index is 2.56. The largest absolute Gasteiger partial charge is 0.248 e. The van der Waals surface area contributed by atoms with Gasteiger partial charge < -0.3 is 0 Å². The maximum Gasteiger partial charge on any atom is 0.225 e. The van der Waals surface area contributed by atoms with Crippen molar-refractivity contribution < 1.29 is 0 Å². The quantitative estimate of drug-likeness (QED) is 0.351. The van der Waals surface area contributed by atoms with Crippen LogP contribution in [0.25, 0.3) is 0 Å². The van der Waals surface area contributed by atoms with Crippen LogP contribution in [0.15, 0.2) is 47.5 Å². The average Bonchev–Trinajstić information content (AvgIpc) is 3.09. The molecule has 0 aromatic heterocycles. The summed E-state index contributed by atoms with van der Waals surface area (Å²) in [5.74, 6) is 6.38. The van der Waals surface area contributed by atoms with Gasteiger partial charge in [0.15, 0.2) is 0 Å². The van der Waals surface area contributed by atoms with E-state index in [4.69, 9.17) is 0 Å². The van der Waals surface area contributed by atoms with Crippen LogP contribution in [0, 0.1) is 5.92 Å². The SMILES string of the molecule is CCC1B(/C=C/C2=CC=C(/C=C/C(C)C)CC2)SB(C(C)(CC)CC)C1CC. The van der Waals surface area contributed by atoms with Crippen LogP contribution >= 0.6 is 11.5 Å². The topological polar surface area (TPSA) is 0 Å². The van der Waals surface area contributed by atoms with Crippen molar-refractivity contribution in [1.29, 1.82) is 0 Å². The molecule has 0 bridgehead atoms. The molecule has 0 aromatic rings. The van der Waals surface area contributed by atoms with E-state index >= 15 is 0 Å². The van der Waals surface area contributed by atoms with Gasteiger partial charge in [-0.05, 0) is 35.2 Å². The molecule has 0 radical (unpaired) electrons. The lowest BCUT2D eigenvalue weighted by molar-refractivity contribution is 0.539. The zero-order chi connectivity index (χ0) is 20.7. The first kappa shape index (κ1) is 23.7. The molecular formula is C25H42B2S. The Kier molecular flexibility index (Phi) is 9.32. The molecule has 3 heteroatoms. The molecule has 1 saturated heterocycles. The normalized spacial score (nSPS) is 24.0. The van der Waals surface area contributed by atoms with Gasteiger partial charge in [-0.15, -0.1) is 5.98 Å². The van der Waals surface area contributed by atoms with Crippen LogP contribution in [0.4, 0.5) is 0 Å². The minimum Gasteiger partial charge on any atom is -0.248 e. The van der Waals surface area contributed by atoms with Gasteiger partial charge in [-0.3, -0.25) is 0 Å². The van der Waals surface area contributed by atoms with Crippen LogP contribution in [-0.4, -0.2) is 12.0 Å². The Bertz CT molecular complexity index is 610. The Balaban J connectivity index is 2.12. The fourth-order valence-electron chi connectivity index (χ4n) is 4.89. The second-order valence-electron chi connectivity index (χ2n) is 9.47. The van der Waals surface area contributed by atoms with E-state index in [9.17, 15) is 0 Å². The smallest absolute Gasteiger partial charge is 0.225 e. The van der Waals surface area contributed by atoms with Gasteiger partial charge in [0.2, 0.25) is 12.0 Å². The highest BCUT2D eigenvalue weighted by Gasteiger charge is 2.51. The van der Waals surface area contributed by atoms with Crippen molar-refractivity contribution in [1.82, 2.24) is 0 Å². The number of hydrogen-bond donors (Lipinski definition) is 0. The second kappa shape index (κ2) is 11.0.